The van der Waals surface area contributed by atoms with Gasteiger partial charge in [0.25, 0.3) is 0 Å². The van der Waals surface area contributed by atoms with Crippen LogP contribution in [0, 0.1) is 0 Å². The van der Waals surface area contributed by atoms with Crippen molar-refractivity contribution in [2.45, 2.75) is 19.4 Å². The molecule has 1 N–H and O–H groups in total. The Hall–Kier alpha value is -1.40. The first-order chi connectivity index (χ1) is 8.47. The largest absolute Gasteiger partial charge is 0.370 e. The summed E-state index contributed by atoms with van der Waals surface area (Å²) >= 11 is 0. The van der Waals surface area contributed by atoms with Gasteiger partial charge in [-0.05, 0) is 12.0 Å². The van der Waals surface area contributed by atoms with Crippen molar-refractivity contribution in [1.29, 1.82) is 0 Å². The summed E-state index contributed by atoms with van der Waals surface area (Å²) in [6, 6.07) is 9.51. The van der Waals surface area contributed by atoms with Gasteiger partial charge in [0.15, 0.2) is 0 Å². The molecule has 5 nitrogen and oxygen atoms in total. The van der Waals surface area contributed by atoms with Gasteiger partial charge in [-0.15, -0.1) is 5.48 Å². The van der Waals surface area contributed by atoms with E-state index in [2.05, 4.69) is 5.48 Å². The van der Waals surface area contributed by atoms with E-state index in [4.69, 9.17) is 4.84 Å². The third-order valence-electron chi connectivity index (χ3n) is 2.20. The highest BCUT2D eigenvalue weighted by atomic mass is 32.2. The lowest BCUT2D eigenvalue weighted by Crippen LogP contribution is -2.20. The molecule has 0 atom stereocenters. The summed E-state index contributed by atoms with van der Waals surface area (Å²) in [6.45, 7) is 0.429. The molecular formula is C12H17NO4S. The van der Waals surface area contributed by atoms with Gasteiger partial charge in [-0.25, -0.2) is 8.42 Å². The quantitative estimate of drug-likeness (QED) is 0.751. The summed E-state index contributed by atoms with van der Waals surface area (Å²) in [7, 11) is -3.01. The van der Waals surface area contributed by atoms with Crippen molar-refractivity contribution in [1.82, 2.24) is 5.48 Å². The zero-order valence-corrected chi connectivity index (χ0v) is 11.1. The predicted molar refractivity (Wildman–Crippen MR) is 68.3 cm³/mol. The van der Waals surface area contributed by atoms with Crippen molar-refractivity contribution in [3.63, 3.8) is 0 Å². The van der Waals surface area contributed by atoms with Crippen LogP contribution in [0.25, 0.3) is 0 Å². The van der Waals surface area contributed by atoms with Crippen LogP contribution in [-0.2, 0) is 26.0 Å². The van der Waals surface area contributed by atoms with Crippen LogP contribution in [-0.4, -0.2) is 26.4 Å². The highest BCUT2D eigenvalue weighted by Gasteiger charge is 2.07. The van der Waals surface area contributed by atoms with E-state index in [-0.39, 0.29) is 18.6 Å². The molecule has 0 aliphatic carbocycles. The molecule has 0 heterocycles. The number of carbonyl (C=O) groups is 1. The molecule has 0 unspecified atom stereocenters. The number of sulfone groups is 1. The molecule has 0 saturated carbocycles. The maximum Gasteiger partial charge on any atom is 0.324 e. The number of carbonyl (C=O) groups excluding carboxylic acids is 1. The van der Waals surface area contributed by atoms with Gasteiger partial charge in [-0.2, -0.15) is 0 Å². The molecule has 0 spiro atoms. The first-order valence-electron chi connectivity index (χ1n) is 5.61. The van der Waals surface area contributed by atoms with E-state index < -0.39 is 15.8 Å². The minimum absolute atomic E-state index is 0.000779. The molecule has 0 bridgehead atoms. The van der Waals surface area contributed by atoms with Gasteiger partial charge < -0.3 is 4.84 Å². The maximum atomic E-state index is 11.2. The average Bonchev–Trinajstić information content (AvgIpc) is 2.28. The molecule has 0 aliphatic rings. The molecule has 0 amide bonds. The standard InChI is InChI=1S/C12H17NO4S/c1-18(15,16)9-5-8-12(14)17-13-10-11-6-3-2-4-7-11/h2-4,6-7,13H,5,8-10H2,1H3. The molecule has 18 heavy (non-hydrogen) atoms. The van der Waals surface area contributed by atoms with Crippen molar-refractivity contribution >= 4 is 15.8 Å². The number of hydrogen-bond acceptors (Lipinski definition) is 5. The van der Waals surface area contributed by atoms with Gasteiger partial charge in [0.2, 0.25) is 0 Å². The molecule has 0 aliphatic heterocycles. The smallest absolute Gasteiger partial charge is 0.324 e. The number of benzene rings is 1. The number of nitrogens with one attached hydrogen (secondary N) is 1. The summed E-state index contributed by atoms with van der Waals surface area (Å²) < 4.78 is 21.7. The topological polar surface area (TPSA) is 72.5 Å². The monoisotopic (exact) mass is 271 g/mol. The number of hydrogen-bond donors (Lipinski definition) is 1. The van der Waals surface area contributed by atoms with E-state index in [1.807, 2.05) is 30.3 Å². The third-order valence-corrected chi connectivity index (χ3v) is 3.23. The van der Waals surface area contributed by atoms with Crippen LogP contribution in [0.3, 0.4) is 0 Å². The fourth-order valence-corrected chi connectivity index (χ4v) is 1.99. The summed E-state index contributed by atoms with van der Waals surface area (Å²) in [5.41, 5.74) is 3.55. The van der Waals surface area contributed by atoms with Crippen LogP contribution in [0.15, 0.2) is 30.3 Å². The van der Waals surface area contributed by atoms with Crippen molar-refractivity contribution in [3.05, 3.63) is 35.9 Å². The minimum atomic E-state index is -3.01. The Labute approximate surface area is 107 Å². The zero-order valence-electron chi connectivity index (χ0n) is 10.3. The fourth-order valence-electron chi connectivity index (χ4n) is 1.33. The molecule has 0 aromatic heterocycles. The normalized spacial score (nSPS) is 11.2. The molecule has 1 aromatic carbocycles. The van der Waals surface area contributed by atoms with E-state index in [9.17, 15) is 13.2 Å². The summed E-state index contributed by atoms with van der Waals surface area (Å²) in [5, 5.41) is 0. The van der Waals surface area contributed by atoms with E-state index in [0.717, 1.165) is 11.8 Å². The third kappa shape index (κ3) is 7.03. The number of hydroxylamine groups is 1. The second-order valence-corrected chi connectivity index (χ2v) is 6.27. The van der Waals surface area contributed by atoms with E-state index in [1.165, 1.54) is 0 Å². The van der Waals surface area contributed by atoms with E-state index in [0.29, 0.717) is 6.54 Å². The Morgan fingerprint density at radius 3 is 2.56 bits per heavy atom. The maximum absolute atomic E-state index is 11.2. The summed E-state index contributed by atoms with van der Waals surface area (Å²) in [4.78, 5) is 16.0. The SMILES string of the molecule is CS(=O)(=O)CCCC(=O)ONCc1ccccc1. The summed E-state index contributed by atoms with van der Waals surface area (Å²) in [6.07, 6.45) is 1.52. The molecule has 100 valence electrons. The van der Waals surface area contributed by atoms with Gasteiger partial charge in [0.05, 0.1) is 12.3 Å². The Balaban J connectivity index is 2.14. The van der Waals surface area contributed by atoms with Crippen LogP contribution in [0.4, 0.5) is 0 Å². The van der Waals surface area contributed by atoms with Crippen LogP contribution in [0.1, 0.15) is 18.4 Å². The first-order valence-corrected chi connectivity index (χ1v) is 7.67. The first kappa shape index (κ1) is 14.7. The van der Waals surface area contributed by atoms with Gasteiger partial charge in [0.1, 0.15) is 9.84 Å². The van der Waals surface area contributed by atoms with E-state index in [1.54, 1.807) is 0 Å². The Morgan fingerprint density at radius 2 is 1.94 bits per heavy atom. The zero-order chi connectivity index (χ0) is 13.4. The summed E-state index contributed by atoms with van der Waals surface area (Å²) in [5.74, 6) is -0.449. The molecule has 0 radical (unpaired) electrons. The molecular weight excluding hydrogens is 254 g/mol. The fraction of sp³-hybridized carbons (Fsp3) is 0.417. The lowest BCUT2D eigenvalue weighted by Gasteiger charge is -2.05. The van der Waals surface area contributed by atoms with Crippen LogP contribution >= 0.6 is 0 Å². The molecule has 6 heteroatoms. The lowest BCUT2D eigenvalue weighted by molar-refractivity contribution is -0.151. The second kappa shape index (κ2) is 7.13. The van der Waals surface area contributed by atoms with Gasteiger partial charge in [-0.3, -0.25) is 4.79 Å². The molecule has 1 rings (SSSR count). The molecule has 1 aromatic rings. The highest BCUT2D eigenvalue weighted by molar-refractivity contribution is 7.90. The van der Waals surface area contributed by atoms with Crippen LogP contribution in [0.2, 0.25) is 0 Å². The highest BCUT2D eigenvalue weighted by Crippen LogP contribution is 1.99. The van der Waals surface area contributed by atoms with Crippen molar-refractivity contribution in [2.24, 2.45) is 0 Å². The van der Waals surface area contributed by atoms with E-state index >= 15 is 0 Å². The van der Waals surface area contributed by atoms with Crippen molar-refractivity contribution in [3.8, 4) is 0 Å². The van der Waals surface area contributed by atoms with Gasteiger partial charge in [0, 0.05) is 12.7 Å². The Kier molecular flexibility index (Phi) is 5.80. The average molecular weight is 271 g/mol. The lowest BCUT2D eigenvalue weighted by atomic mass is 10.2. The Bertz CT molecular complexity index is 470. The van der Waals surface area contributed by atoms with Crippen molar-refractivity contribution in [2.75, 3.05) is 12.0 Å². The van der Waals surface area contributed by atoms with Gasteiger partial charge >= 0.3 is 5.97 Å². The van der Waals surface area contributed by atoms with Crippen LogP contribution in [0.5, 0.6) is 0 Å². The minimum Gasteiger partial charge on any atom is -0.370 e. The molecule has 0 saturated heterocycles. The van der Waals surface area contributed by atoms with Gasteiger partial charge in [-0.1, -0.05) is 30.3 Å². The second-order valence-electron chi connectivity index (χ2n) is 4.01. The Morgan fingerprint density at radius 1 is 1.28 bits per heavy atom. The predicted octanol–water partition coefficient (Wildman–Crippen LogP) is 1.06. The van der Waals surface area contributed by atoms with Crippen molar-refractivity contribution < 1.29 is 18.0 Å². The number of rotatable bonds is 7. The van der Waals surface area contributed by atoms with Crippen LogP contribution < -0.4 is 5.48 Å². The molecule has 0 fully saturated rings.